The van der Waals surface area contributed by atoms with Crippen molar-refractivity contribution in [2.45, 2.75) is 44.5 Å². The molecule has 4 nitrogen and oxygen atoms in total. The average molecular weight is 349 g/mol. The summed E-state index contributed by atoms with van der Waals surface area (Å²) in [6.07, 6.45) is 6.23. The van der Waals surface area contributed by atoms with Gasteiger partial charge in [0, 0.05) is 31.9 Å². The summed E-state index contributed by atoms with van der Waals surface area (Å²) in [5, 5.41) is 7.33. The standard InChI is InChI=1S/C19H32N4S/c1-16(24-3)13-21-19(20-2)22-14-17-7-9-18(10-8-17)15-23-11-5-4-6-12-23/h7-10,16H,4-6,11-15H2,1-3H3,(H2,20,21,22). The molecule has 1 aliphatic rings. The normalized spacial score (nSPS) is 17.5. The van der Waals surface area contributed by atoms with Crippen LogP contribution < -0.4 is 10.6 Å². The molecule has 1 heterocycles. The molecule has 2 rings (SSSR count). The fourth-order valence-electron chi connectivity index (χ4n) is 2.87. The van der Waals surface area contributed by atoms with Gasteiger partial charge >= 0.3 is 0 Å². The Hall–Kier alpha value is -1.20. The van der Waals surface area contributed by atoms with Gasteiger partial charge < -0.3 is 10.6 Å². The first-order chi connectivity index (χ1) is 11.7. The lowest BCUT2D eigenvalue weighted by atomic mass is 10.1. The van der Waals surface area contributed by atoms with Crippen LogP contribution in [-0.2, 0) is 13.1 Å². The molecule has 1 unspecified atom stereocenters. The van der Waals surface area contributed by atoms with Crippen LogP contribution in [-0.4, -0.2) is 49.0 Å². The van der Waals surface area contributed by atoms with E-state index >= 15 is 0 Å². The number of guanidine groups is 1. The Morgan fingerprint density at radius 3 is 2.42 bits per heavy atom. The highest BCUT2D eigenvalue weighted by Gasteiger charge is 2.10. The van der Waals surface area contributed by atoms with Crippen molar-refractivity contribution < 1.29 is 0 Å². The van der Waals surface area contributed by atoms with Crippen molar-refractivity contribution in [2.75, 3.05) is 32.9 Å². The summed E-state index contributed by atoms with van der Waals surface area (Å²) in [7, 11) is 1.82. The van der Waals surface area contributed by atoms with Gasteiger partial charge in [0.25, 0.3) is 0 Å². The van der Waals surface area contributed by atoms with Crippen molar-refractivity contribution >= 4 is 17.7 Å². The molecular weight excluding hydrogens is 316 g/mol. The largest absolute Gasteiger partial charge is 0.355 e. The topological polar surface area (TPSA) is 39.7 Å². The lowest BCUT2D eigenvalue weighted by molar-refractivity contribution is 0.221. The average Bonchev–Trinajstić information content (AvgIpc) is 2.63. The van der Waals surface area contributed by atoms with E-state index in [-0.39, 0.29) is 0 Å². The number of piperidine rings is 1. The predicted molar refractivity (Wildman–Crippen MR) is 107 cm³/mol. The Kier molecular flexibility index (Phi) is 8.47. The van der Waals surface area contributed by atoms with Gasteiger partial charge in [-0.2, -0.15) is 11.8 Å². The van der Waals surface area contributed by atoms with Crippen LogP contribution >= 0.6 is 11.8 Å². The molecule has 24 heavy (non-hydrogen) atoms. The number of hydrogen-bond acceptors (Lipinski definition) is 3. The van der Waals surface area contributed by atoms with Gasteiger partial charge in [0.2, 0.25) is 0 Å². The van der Waals surface area contributed by atoms with Crippen LogP contribution in [0, 0.1) is 0 Å². The molecule has 0 saturated carbocycles. The molecule has 5 heteroatoms. The Bertz CT molecular complexity index is 495. The number of likely N-dealkylation sites (tertiary alicyclic amines) is 1. The summed E-state index contributed by atoms with van der Waals surface area (Å²) in [6.45, 7) is 7.53. The minimum atomic E-state index is 0.581. The number of nitrogens with zero attached hydrogens (tertiary/aromatic N) is 2. The second-order valence-corrected chi connectivity index (χ2v) is 7.78. The van der Waals surface area contributed by atoms with Crippen LogP contribution in [0.25, 0.3) is 0 Å². The second-order valence-electron chi connectivity index (χ2n) is 6.51. The van der Waals surface area contributed by atoms with Gasteiger partial charge in [-0.15, -0.1) is 0 Å². The van der Waals surface area contributed by atoms with Crippen LogP contribution in [0.2, 0.25) is 0 Å². The molecule has 0 aliphatic carbocycles. The lowest BCUT2D eigenvalue weighted by Crippen LogP contribution is -2.39. The summed E-state index contributed by atoms with van der Waals surface area (Å²) in [5.41, 5.74) is 2.70. The molecule has 0 spiro atoms. The third kappa shape index (κ3) is 6.73. The third-order valence-corrected chi connectivity index (χ3v) is 5.49. The maximum atomic E-state index is 4.28. The minimum Gasteiger partial charge on any atom is -0.355 e. The van der Waals surface area contributed by atoms with Crippen LogP contribution in [0.4, 0.5) is 0 Å². The van der Waals surface area contributed by atoms with Crippen molar-refractivity contribution in [1.82, 2.24) is 15.5 Å². The van der Waals surface area contributed by atoms with Crippen LogP contribution in [0.3, 0.4) is 0 Å². The quantitative estimate of drug-likeness (QED) is 0.587. The molecule has 134 valence electrons. The van der Waals surface area contributed by atoms with Crippen LogP contribution in [0.5, 0.6) is 0 Å². The summed E-state index contributed by atoms with van der Waals surface area (Å²) < 4.78 is 0. The zero-order valence-corrected chi connectivity index (χ0v) is 16.2. The van der Waals surface area contributed by atoms with E-state index in [0.717, 1.165) is 25.6 Å². The summed E-state index contributed by atoms with van der Waals surface area (Å²) in [6, 6.07) is 8.98. The maximum Gasteiger partial charge on any atom is 0.191 e. The Balaban J connectivity index is 1.76. The highest BCUT2D eigenvalue weighted by Crippen LogP contribution is 2.13. The van der Waals surface area contributed by atoms with E-state index in [1.165, 1.54) is 43.5 Å². The molecule has 0 amide bonds. The zero-order valence-electron chi connectivity index (χ0n) is 15.3. The van der Waals surface area contributed by atoms with Crippen molar-refractivity contribution in [3.8, 4) is 0 Å². The van der Waals surface area contributed by atoms with Gasteiger partial charge in [0.15, 0.2) is 5.96 Å². The number of hydrogen-bond donors (Lipinski definition) is 2. The van der Waals surface area contributed by atoms with E-state index in [9.17, 15) is 0 Å². The summed E-state index contributed by atoms with van der Waals surface area (Å²) in [5.74, 6) is 0.869. The third-order valence-electron chi connectivity index (χ3n) is 4.52. The highest BCUT2D eigenvalue weighted by atomic mass is 32.2. The minimum absolute atomic E-state index is 0.581. The fourth-order valence-corrected chi connectivity index (χ4v) is 3.12. The molecule has 1 aromatic carbocycles. The van der Waals surface area contributed by atoms with Gasteiger partial charge in [-0.1, -0.05) is 37.6 Å². The van der Waals surface area contributed by atoms with Crippen LogP contribution in [0.1, 0.15) is 37.3 Å². The molecule has 1 aromatic rings. The molecule has 2 N–H and O–H groups in total. The molecule has 1 aliphatic heterocycles. The smallest absolute Gasteiger partial charge is 0.191 e. The highest BCUT2D eigenvalue weighted by molar-refractivity contribution is 7.99. The Labute approximate surface area is 151 Å². The summed E-state index contributed by atoms with van der Waals surface area (Å²) >= 11 is 1.86. The molecule has 1 saturated heterocycles. The molecule has 1 atom stereocenters. The van der Waals surface area contributed by atoms with Crippen molar-refractivity contribution in [1.29, 1.82) is 0 Å². The number of benzene rings is 1. The number of nitrogens with one attached hydrogen (secondary N) is 2. The van der Waals surface area contributed by atoms with E-state index in [4.69, 9.17) is 0 Å². The van der Waals surface area contributed by atoms with E-state index < -0.39 is 0 Å². The first-order valence-electron chi connectivity index (χ1n) is 8.98. The van der Waals surface area contributed by atoms with Gasteiger partial charge in [0.05, 0.1) is 0 Å². The number of aliphatic imine (C=N–C) groups is 1. The van der Waals surface area contributed by atoms with Crippen molar-refractivity contribution in [3.05, 3.63) is 35.4 Å². The molecule has 0 radical (unpaired) electrons. The van der Waals surface area contributed by atoms with E-state index in [0.29, 0.717) is 5.25 Å². The van der Waals surface area contributed by atoms with Crippen molar-refractivity contribution in [3.63, 3.8) is 0 Å². The SMILES string of the molecule is CN=C(NCc1ccc(CN2CCCCC2)cc1)NCC(C)SC. The monoisotopic (exact) mass is 348 g/mol. The summed E-state index contributed by atoms with van der Waals surface area (Å²) in [4.78, 5) is 6.85. The number of rotatable bonds is 7. The first kappa shape index (κ1) is 19.1. The van der Waals surface area contributed by atoms with Crippen LogP contribution in [0.15, 0.2) is 29.3 Å². The molecule has 0 aromatic heterocycles. The Morgan fingerprint density at radius 2 is 1.79 bits per heavy atom. The number of thioether (sulfide) groups is 1. The predicted octanol–water partition coefficient (Wildman–Crippen LogP) is 3.09. The lowest BCUT2D eigenvalue weighted by Gasteiger charge is -2.26. The fraction of sp³-hybridized carbons (Fsp3) is 0.632. The molecule has 0 bridgehead atoms. The zero-order chi connectivity index (χ0) is 17.2. The van der Waals surface area contributed by atoms with Gasteiger partial charge in [-0.3, -0.25) is 9.89 Å². The Morgan fingerprint density at radius 1 is 1.12 bits per heavy atom. The molecular formula is C19H32N4S. The van der Waals surface area contributed by atoms with Gasteiger partial charge in [0.1, 0.15) is 0 Å². The van der Waals surface area contributed by atoms with Gasteiger partial charge in [-0.25, -0.2) is 0 Å². The van der Waals surface area contributed by atoms with Gasteiger partial charge in [-0.05, 0) is 43.3 Å². The van der Waals surface area contributed by atoms with E-state index in [1.54, 1.807) is 0 Å². The first-order valence-corrected chi connectivity index (χ1v) is 10.3. The molecule has 1 fully saturated rings. The second kappa shape index (κ2) is 10.6. The van der Waals surface area contributed by atoms with Crippen molar-refractivity contribution in [2.24, 2.45) is 4.99 Å². The van der Waals surface area contributed by atoms with E-state index in [2.05, 4.69) is 58.0 Å². The maximum absolute atomic E-state index is 4.28. The van der Waals surface area contributed by atoms with E-state index in [1.807, 2.05) is 18.8 Å².